The Bertz CT molecular complexity index is 2120. The van der Waals surface area contributed by atoms with Gasteiger partial charge in [-0.25, -0.2) is 0 Å². The highest BCUT2D eigenvalue weighted by Gasteiger charge is 2.16. The Kier molecular flexibility index (Phi) is 4.23. The van der Waals surface area contributed by atoms with Crippen molar-refractivity contribution in [3.05, 3.63) is 121 Å². The number of nitrogens with one attached hydrogen (secondary N) is 1. The van der Waals surface area contributed by atoms with Crippen molar-refractivity contribution < 1.29 is 8.83 Å². The minimum absolute atomic E-state index is 0.859. The average molecular weight is 476 g/mol. The molecule has 2 aromatic heterocycles. The van der Waals surface area contributed by atoms with Gasteiger partial charge in [0, 0.05) is 27.2 Å². The Labute approximate surface area is 212 Å². The van der Waals surface area contributed by atoms with Crippen molar-refractivity contribution in [2.24, 2.45) is 0 Å². The molecule has 3 heteroatoms. The van der Waals surface area contributed by atoms with E-state index < -0.39 is 0 Å². The molecule has 0 aliphatic heterocycles. The first kappa shape index (κ1) is 20.2. The number of hydrogen-bond donors (Lipinski definition) is 1. The molecular weight excluding hydrogens is 454 g/mol. The van der Waals surface area contributed by atoms with E-state index in [1.807, 2.05) is 30.3 Å². The standard InChI is InChI=1S/C34H21NO2/c1-2-10-23-21(8-1)9-5-12-24(23)26-13-7-17-32-33(26)28-20-22(18-19-31(28)36-32)35-29-15-6-14-27-25-11-3-4-16-30(25)37-34(27)29/h1-20,35H. The largest absolute Gasteiger partial charge is 0.456 e. The van der Waals surface area contributed by atoms with Crippen LogP contribution in [0.3, 0.4) is 0 Å². The monoisotopic (exact) mass is 475 g/mol. The molecule has 0 unspecified atom stereocenters. The Morgan fingerprint density at radius 2 is 1.16 bits per heavy atom. The predicted octanol–water partition coefficient (Wildman–Crippen LogP) is 10.0. The number of para-hydroxylation sites is 2. The summed E-state index contributed by atoms with van der Waals surface area (Å²) in [6.45, 7) is 0. The second kappa shape index (κ2) is 7.74. The van der Waals surface area contributed by atoms with E-state index in [2.05, 4.69) is 96.3 Å². The molecule has 174 valence electrons. The summed E-state index contributed by atoms with van der Waals surface area (Å²) in [5.41, 5.74) is 7.81. The molecule has 8 rings (SSSR count). The molecule has 0 bridgehead atoms. The van der Waals surface area contributed by atoms with Crippen molar-refractivity contribution in [2.45, 2.75) is 0 Å². The van der Waals surface area contributed by atoms with Gasteiger partial charge in [0.05, 0.1) is 5.69 Å². The summed E-state index contributed by atoms with van der Waals surface area (Å²) < 4.78 is 12.5. The zero-order valence-corrected chi connectivity index (χ0v) is 19.9. The van der Waals surface area contributed by atoms with Gasteiger partial charge in [0.2, 0.25) is 0 Å². The van der Waals surface area contributed by atoms with Crippen LogP contribution in [0.1, 0.15) is 0 Å². The van der Waals surface area contributed by atoms with E-state index in [-0.39, 0.29) is 0 Å². The van der Waals surface area contributed by atoms with Gasteiger partial charge >= 0.3 is 0 Å². The molecule has 2 heterocycles. The van der Waals surface area contributed by atoms with E-state index in [0.29, 0.717) is 0 Å². The van der Waals surface area contributed by atoms with Gasteiger partial charge in [-0.05, 0) is 58.3 Å². The smallest absolute Gasteiger partial charge is 0.158 e. The van der Waals surface area contributed by atoms with Crippen LogP contribution in [0.4, 0.5) is 11.4 Å². The zero-order valence-electron chi connectivity index (χ0n) is 19.9. The number of anilines is 2. The number of rotatable bonds is 3. The molecule has 3 nitrogen and oxygen atoms in total. The molecule has 0 aliphatic carbocycles. The molecule has 0 spiro atoms. The summed E-state index contributed by atoms with van der Waals surface area (Å²) in [7, 11) is 0. The third-order valence-electron chi connectivity index (χ3n) is 7.26. The van der Waals surface area contributed by atoms with E-state index in [1.54, 1.807) is 0 Å². The highest BCUT2D eigenvalue weighted by atomic mass is 16.3. The van der Waals surface area contributed by atoms with Gasteiger partial charge in [0.15, 0.2) is 5.58 Å². The maximum atomic E-state index is 6.30. The lowest BCUT2D eigenvalue weighted by Crippen LogP contribution is -1.90. The molecule has 0 aliphatic rings. The van der Waals surface area contributed by atoms with E-state index >= 15 is 0 Å². The van der Waals surface area contributed by atoms with Crippen LogP contribution in [0.5, 0.6) is 0 Å². The van der Waals surface area contributed by atoms with E-state index in [1.165, 1.54) is 21.9 Å². The van der Waals surface area contributed by atoms with Gasteiger partial charge in [0.1, 0.15) is 16.7 Å². The summed E-state index contributed by atoms with van der Waals surface area (Å²) in [4.78, 5) is 0. The first-order valence-corrected chi connectivity index (χ1v) is 12.4. The van der Waals surface area contributed by atoms with Crippen molar-refractivity contribution in [2.75, 3.05) is 5.32 Å². The Morgan fingerprint density at radius 1 is 0.459 bits per heavy atom. The van der Waals surface area contributed by atoms with Crippen LogP contribution >= 0.6 is 0 Å². The first-order valence-electron chi connectivity index (χ1n) is 12.4. The summed E-state index contributed by atoms with van der Waals surface area (Å²) in [6, 6.07) is 42.0. The van der Waals surface area contributed by atoms with Crippen molar-refractivity contribution >= 4 is 66.0 Å². The maximum absolute atomic E-state index is 6.30. The second-order valence-corrected chi connectivity index (χ2v) is 9.42. The van der Waals surface area contributed by atoms with Crippen molar-refractivity contribution in [1.82, 2.24) is 0 Å². The number of fused-ring (bicyclic) bond motifs is 7. The van der Waals surface area contributed by atoms with Gasteiger partial charge in [-0.2, -0.15) is 0 Å². The van der Waals surface area contributed by atoms with Crippen LogP contribution in [0.25, 0.3) is 65.8 Å². The van der Waals surface area contributed by atoms with Crippen LogP contribution in [-0.2, 0) is 0 Å². The third kappa shape index (κ3) is 3.08. The molecule has 0 amide bonds. The fraction of sp³-hybridized carbons (Fsp3) is 0. The zero-order chi connectivity index (χ0) is 24.3. The quantitative estimate of drug-likeness (QED) is 0.276. The summed E-state index contributed by atoms with van der Waals surface area (Å²) in [6.07, 6.45) is 0. The number of benzene rings is 6. The van der Waals surface area contributed by atoms with Crippen LogP contribution < -0.4 is 5.32 Å². The lowest BCUT2D eigenvalue weighted by Gasteiger charge is -2.09. The number of hydrogen-bond acceptors (Lipinski definition) is 3. The van der Waals surface area contributed by atoms with Gasteiger partial charge in [-0.1, -0.05) is 84.9 Å². The minimum Gasteiger partial charge on any atom is -0.456 e. The first-order chi connectivity index (χ1) is 18.3. The molecule has 0 fully saturated rings. The highest BCUT2D eigenvalue weighted by molar-refractivity contribution is 6.16. The lowest BCUT2D eigenvalue weighted by molar-refractivity contribution is 0.669. The Balaban J connectivity index is 1.31. The Hall–Kier alpha value is -5.02. The molecule has 0 radical (unpaired) electrons. The van der Waals surface area contributed by atoms with Gasteiger partial charge in [0.25, 0.3) is 0 Å². The van der Waals surface area contributed by atoms with E-state index in [9.17, 15) is 0 Å². The Morgan fingerprint density at radius 3 is 2.14 bits per heavy atom. The highest BCUT2D eigenvalue weighted by Crippen LogP contribution is 2.41. The average Bonchev–Trinajstić information content (AvgIpc) is 3.52. The molecular formula is C34H21NO2. The van der Waals surface area contributed by atoms with Crippen LogP contribution in [0, 0.1) is 0 Å². The van der Waals surface area contributed by atoms with Crippen LogP contribution in [0.2, 0.25) is 0 Å². The third-order valence-corrected chi connectivity index (χ3v) is 7.26. The summed E-state index contributed by atoms with van der Waals surface area (Å²) >= 11 is 0. The molecule has 0 saturated carbocycles. The molecule has 0 saturated heterocycles. The lowest BCUT2D eigenvalue weighted by atomic mass is 9.94. The molecule has 0 atom stereocenters. The molecule has 37 heavy (non-hydrogen) atoms. The second-order valence-electron chi connectivity index (χ2n) is 9.42. The summed E-state index contributed by atoms with van der Waals surface area (Å²) in [5, 5.41) is 10.5. The maximum Gasteiger partial charge on any atom is 0.158 e. The molecule has 1 N–H and O–H groups in total. The van der Waals surface area contributed by atoms with Gasteiger partial charge in [-0.3, -0.25) is 0 Å². The summed E-state index contributed by atoms with van der Waals surface area (Å²) in [5.74, 6) is 0. The van der Waals surface area contributed by atoms with E-state index in [4.69, 9.17) is 8.83 Å². The van der Waals surface area contributed by atoms with Gasteiger partial charge < -0.3 is 14.2 Å². The van der Waals surface area contributed by atoms with Crippen molar-refractivity contribution in [3.8, 4) is 11.1 Å². The molecule has 6 aromatic carbocycles. The molecule has 8 aromatic rings. The van der Waals surface area contributed by atoms with Crippen molar-refractivity contribution in [1.29, 1.82) is 0 Å². The van der Waals surface area contributed by atoms with Crippen LogP contribution in [-0.4, -0.2) is 0 Å². The fourth-order valence-electron chi connectivity index (χ4n) is 5.59. The number of furan rings is 2. The van der Waals surface area contributed by atoms with E-state index in [0.717, 1.165) is 55.3 Å². The van der Waals surface area contributed by atoms with Crippen molar-refractivity contribution in [3.63, 3.8) is 0 Å². The minimum atomic E-state index is 0.859. The SMILES string of the molecule is c1ccc2c(-c3cccc4oc5ccc(Nc6cccc7c6oc6ccccc67)cc5c34)cccc2c1. The normalized spacial score (nSPS) is 11.8. The topological polar surface area (TPSA) is 38.3 Å². The van der Waals surface area contributed by atoms with Gasteiger partial charge in [-0.15, -0.1) is 0 Å². The van der Waals surface area contributed by atoms with Crippen LogP contribution in [0.15, 0.2) is 130 Å². The predicted molar refractivity (Wildman–Crippen MR) is 154 cm³/mol. The fourth-order valence-corrected chi connectivity index (χ4v) is 5.59.